The maximum Gasteiger partial charge on any atom is 0.245 e. The van der Waals surface area contributed by atoms with E-state index in [0.717, 1.165) is 37.3 Å². The second-order valence-corrected chi connectivity index (χ2v) is 7.95. The smallest absolute Gasteiger partial charge is 0.245 e. The Hall–Kier alpha value is -0.870. The topological polar surface area (TPSA) is 32.3 Å². The van der Waals surface area contributed by atoms with Gasteiger partial charge in [-0.25, -0.2) is 0 Å². The first-order chi connectivity index (χ1) is 10.3. The molecular formula is C17H24N2OS. The molecule has 3 aliphatic rings. The summed E-state index contributed by atoms with van der Waals surface area (Å²) in [4.78, 5) is 16.3. The van der Waals surface area contributed by atoms with Crippen molar-refractivity contribution in [1.29, 1.82) is 0 Å². The van der Waals surface area contributed by atoms with Crippen molar-refractivity contribution in [2.45, 2.75) is 38.1 Å². The molecule has 0 radical (unpaired) electrons. The van der Waals surface area contributed by atoms with Crippen molar-refractivity contribution in [1.82, 2.24) is 10.2 Å². The Morgan fingerprint density at radius 1 is 1.38 bits per heavy atom. The number of likely N-dealkylation sites (N-methyl/N-ethyl adjacent to an activating group) is 1. The molecule has 21 heavy (non-hydrogen) atoms. The highest BCUT2D eigenvalue weighted by Crippen LogP contribution is 2.48. The van der Waals surface area contributed by atoms with Gasteiger partial charge in [0.15, 0.2) is 0 Å². The maximum atomic E-state index is 12.9. The number of hydrogen-bond donors (Lipinski definition) is 1. The molecule has 2 fully saturated rings. The molecule has 1 aliphatic heterocycles. The van der Waals surface area contributed by atoms with Crippen molar-refractivity contribution >= 4 is 17.2 Å². The van der Waals surface area contributed by atoms with Gasteiger partial charge in [0.05, 0.1) is 0 Å². The van der Waals surface area contributed by atoms with Gasteiger partial charge in [0.1, 0.15) is 6.04 Å². The Balaban J connectivity index is 1.51. The monoisotopic (exact) mass is 304 g/mol. The predicted octanol–water partition coefficient (Wildman–Crippen LogP) is 2.83. The lowest BCUT2D eigenvalue weighted by molar-refractivity contribution is -0.134. The highest BCUT2D eigenvalue weighted by atomic mass is 32.1. The molecule has 1 N–H and O–H groups in total. The number of nitrogens with zero attached hydrogens (tertiary/aromatic N) is 1. The van der Waals surface area contributed by atoms with Gasteiger partial charge in [-0.3, -0.25) is 4.79 Å². The first-order valence-electron chi connectivity index (χ1n) is 8.28. The van der Waals surface area contributed by atoms with E-state index < -0.39 is 0 Å². The summed E-state index contributed by atoms with van der Waals surface area (Å²) < 4.78 is 0. The van der Waals surface area contributed by atoms with Crippen molar-refractivity contribution in [2.75, 3.05) is 20.1 Å². The van der Waals surface area contributed by atoms with Crippen LogP contribution in [-0.2, 0) is 11.2 Å². The molecule has 2 aliphatic carbocycles. The highest BCUT2D eigenvalue weighted by molar-refractivity contribution is 7.10. The normalized spacial score (nSPS) is 35.1. The molecule has 1 amide bonds. The molecule has 114 valence electrons. The van der Waals surface area contributed by atoms with E-state index in [1.807, 2.05) is 7.05 Å². The minimum atomic E-state index is -0.124. The molecule has 4 heteroatoms. The zero-order chi connectivity index (χ0) is 14.4. The summed E-state index contributed by atoms with van der Waals surface area (Å²) in [5.74, 6) is 2.92. The van der Waals surface area contributed by atoms with Crippen LogP contribution in [0.5, 0.6) is 0 Å². The third-order valence-electron chi connectivity index (χ3n) is 5.88. The van der Waals surface area contributed by atoms with Crippen LogP contribution in [0, 0.1) is 17.8 Å². The largest absolute Gasteiger partial charge is 0.340 e. The number of amides is 1. The molecule has 3 nitrogen and oxygen atoms in total. The third kappa shape index (κ3) is 2.33. The Morgan fingerprint density at radius 3 is 3.00 bits per heavy atom. The zero-order valence-electron chi connectivity index (χ0n) is 12.7. The number of hydrogen-bond acceptors (Lipinski definition) is 3. The van der Waals surface area contributed by atoms with Gasteiger partial charge in [0, 0.05) is 18.0 Å². The summed E-state index contributed by atoms with van der Waals surface area (Å²) in [6.07, 6.45) is 6.64. The third-order valence-corrected chi connectivity index (χ3v) is 6.90. The molecular weight excluding hydrogens is 280 g/mol. The van der Waals surface area contributed by atoms with Crippen LogP contribution in [0.3, 0.4) is 0 Å². The van der Waals surface area contributed by atoms with E-state index in [1.165, 1.54) is 36.1 Å². The Kier molecular flexibility index (Phi) is 3.54. The fraction of sp³-hybridized carbons (Fsp3) is 0.706. The number of fused-ring (bicyclic) bond motifs is 3. The molecule has 0 spiro atoms. The summed E-state index contributed by atoms with van der Waals surface area (Å²) in [5, 5.41) is 5.36. The van der Waals surface area contributed by atoms with Gasteiger partial charge < -0.3 is 10.2 Å². The van der Waals surface area contributed by atoms with Crippen molar-refractivity contribution in [2.24, 2.45) is 17.8 Å². The van der Waals surface area contributed by atoms with Crippen LogP contribution in [-0.4, -0.2) is 30.9 Å². The lowest BCUT2D eigenvalue weighted by atomic mass is 9.88. The predicted molar refractivity (Wildman–Crippen MR) is 85.3 cm³/mol. The second kappa shape index (κ2) is 5.40. The van der Waals surface area contributed by atoms with Gasteiger partial charge in [0.2, 0.25) is 5.91 Å². The van der Waals surface area contributed by atoms with Crippen LogP contribution in [0.25, 0.3) is 0 Å². The van der Waals surface area contributed by atoms with Gasteiger partial charge >= 0.3 is 0 Å². The van der Waals surface area contributed by atoms with E-state index in [9.17, 15) is 4.79 Å². The number of rotatable bonds is 3. The fourth-order valence-electron chi connectivity index (χ4n) is 4.79. The lowest BCUT2D eigenvalue weighted by Gasteiger charge is -2.30. The summed E-state index contributed by atoms with van der Waals surface area (Å²) in [7, 11) is 1.91. The SMILES string of the molecule is CNC1C(=O)N(CC2CC3CCC2C3)CCc2ccsc21. The highest BCUT2D eigenvalue weighted by Gasteiger charge is 2.41. The number of nitrogens with one attached hydrogen (secondary N) is 1. The summed E-state index contributed by atoms with van der Waals surface area (Å²) >= 11 is 1.72. The molecule has 1 aromatic heterocycles. The van der Waals surface area contributed by atoms with E-state index >= 15 is 0 Å². The van der Waals surface area contributed by atoms with Crippen LogP contribution in [0.1, 0.15) is 42.2 Å². The van der Waals surface area contributed by atoms with Crippen LogP contribution >= 0.6 is 11.3 Å². The molecule has 2 heterocycles. The summed E-state index contributed by atoms with van der Waals surface area (Å²) in [6.45, 7) is 1.89. The number of carbonyl (C=O) groups is 1. The van der Waals surface area contributed by atoms with Crippen LogP contribution in [0.4, 0.5) is 0 Å². The first-order valence-corrected chi connectivity index (χ1v) is 9.16. The minimum Gasteiger partial charge on any atom is -0.340 e. The average molecular weight is 304 g/mol. The minimum absolute atomic E-state index is 0.124. The first kappa shape index (κ1) is 13.8. The summed E-state index contributed by atoms with van der Waals surface area (Å²) in [5.41, 5.74) is 1.36. The Bertz CT molecular complexity index is 541. The van der Waals surface area contributed by atoms with Crippen LogP contribution in [0.15, 0.2) is 11.4 Å². The van der Waals surface area contributed by atoms with E-state index in [-0.39, 0.29) is 6.04 Å². The van der Waals surface area contributed by atoms with Crippen LogP contribution < -0.4 is 5.32 Å². The molecule has 1 aromatic rings. The lowest BCUT2D eigenvalue weighted by Crippen LogP contribution is -2.42. The molecule has 4 atom stereocenters. The van der Waals surface area contributed by atoms with Crippen molar-refractivity contribution in [3.05, 3.63) is 21.9 Å². The Labute approximate surface area is 130 Å². The standard InChI is InChI=1S/C17H24N2OS/c1-18-15-16-12(5-7-21-16)4-6-19(17(15)20)10-14-9-11-2-3-13(14)8-11/h5,7,11,13-15,18H,2-4,6,8-10H2,1H3. The number of carbonyl (C=O) groups excluding carboxylic acids is 1. The molecule has 4 unspecified atom stereocenters. The average Bonchev–Trinajstić information content (AvgIpc) is 3.19. The van der Waals surface area contributed by atoms with Crippen molar-refractivity contribution in [3.8, 4) is 0 Å². The molecule has 0 saturated heterocycles. The van der Waals surface area contributed by atoms with E-state index in [1.54, 1.807) is 11.3 Å². The number of thiophene rings is 1. The van der Waals surface area contributed by atoms with Gasteiger partial charge in [0.25, 0.3) is 0 Å². The fourth-order valence-corrected chi connectivity index (χ4v) is 5.84. The maximum absolute atomic E-state index is 12.9. The van der Waals surface area contributed by atoms with Crippen molar-refractivity contribution in [3.63, 3.8) is 0 Å². The quantitative estimate of drug-likeness (QED) is 0.931. The molecule has 2 saturated carbocycles. The van der Waals surface area contributed by atoms with Crippen LogP contribution in [0.2, 0.25) is 0 Å². The van der Waals surface area contributed by atoms with Gasteiger partial charge in [-0.15, -0.1) is 11.3 Å². The Morgan fingerprint density at radius 2 is 2.29 bits per heavy atom. The van der Waals surface area contributed by atoms with Crippen molar-refractivity contribution < 1.29 is 4.79 Å². The van der Waals surface area contributed by atoms with Gasteiger partial charge in [-0.05, 0) is 67.5 Å². The van der Waals surface area contributed by atoms with E-state index in [2.05, 4.69) is 21.7 Å². The van der Waals surface area contributed by atoms with E-state index in [4.69, 9.17) is 0 Å². The molecule has 4 rings (SSSR count). The van der Waals surface area contributed by atoms with Gasteiger partial charge in [-0.2, -0.15) is 0 Å². The molecule has 0 aromatic carbocycles. The van der Waals surface area contributed by atoms with Gasteiger partial charge in [-0.1, -0.05) is 6.42 Å². The summed E-state index contributed by atoms with van der Waals surface area (Å²) in [6, 6.07) is 2.07. The molecule has 2 bridgehead atoms. The van der Waals surface area contributed by atoms with E-state index in [0.29, 0.717) is 5.91 Å². The second-order valence-electron chi connectivity index (χ2n) is 7.00. The zero-order valence-corrected chi connectivity index (χ0v) is 13.5.